The number of nitrogens with zero attached hydrogens (tertiary/aromatic N) is 1. The molecule has 2 N–H and O–H groups in total. The number of ketones is 1. The zero-order valence-electron chi connectivity index (χ0n) is 30.7. The van der Waals surface area contributed by atoms with E-state index in [9.17, 15) is 19.8 Å². The summed E-state index contributed by atoms with van der Waals surface area (Å²) in [5, 5.41) is 22.9. The van der Waals surface area contributed by atoms with Gasteiger partial charge in [-0.25, -0.2) is 4.79 Å². The Morgan fingerprint density at radius 3 is 2.46 bits per heavy atom. The average Bonchev–Trinajstić information content (AvgIpc) is 3.72. The molecule has 9 heteroatoms. The summed E-state index contributed by atoms with van der Waals surface area (Å²) in [6.07, 6.45) is 9.73. The van der Waals surface area contributed by atoms with Gasteiger partial charge in [-0.3, -0.25) is 9.79 Å². The van der Waals surface area contributed by atoms with Crippen molar-refractivity contribution in [2.75, 3.05) is 6.54 Å². The highest BCUT2D eigenvalue weighted by Crippen LogP contribution is 2.55. The van der Waals surface area contributed by atoms with Crippen molar-refractivity contribution in [3.05, 3.63) is 46.6 Å². The van der Waals surface area contributed by atoms with E-state index >= 15 is 0 Å². The number of aliphatic imine (C=N–C) groups is 1. The van der Waals surface area contributed by atoms with E-state index in [0.717, 1.165) is 35.1 Å². The van der Waals surface area contributed by atoms with Crippen molar-refractivity contribution in [3.8, 4) is 0 Å². The number of aliphatic hydroxyl groups is 2. The van der Waals surface area contributed by atoms with Gasteiger partial charge in [0.1, 0.15) is 12.2 Å². The lowest BCUT2D eigenvalue weighted by molar-refractivity contribution is -0.363. The van der Waals surface area contributed by atoms with Crippen LogP contribution in [0, 0.1) is 23.2 Å². The Hall–Kier alpha value is -2.43. The summed E-state index contributed by atoms with van der Waals surface area (Å²) in [5.41, 5.74) is 4.67. The molecule has 11 atom stereocenters. The van der Waals surface area contributed by atoms with Gasteiger partial charge in [-0.2, -0.15) is 0 Å². The number of fused-ring (bicyclic) bond motifs is 2. The molecule has 1 aliphatic carbocycles. The third-order valence-corrected chi connectivity index (χ3v) is 13.4. The number of rotatable bonds is 1. The van der Waals surface area contributed by atoms with Crippen molar-refractivity contribution >= 4 is 17.5 Å². The fraction of sp³-hybridized carbons (Fsp3) is 0.732. The highest BCUT2D eigenvalue weighted by molar-refractivity contribution is 6.42. The highest BCUT2D eigenvalue weighted by atomic mass is 16.8. The molecule has 7 rings (SSSR count). The smallest absolute Gasteiger partial charge is 0.334 e. The normalized spacial score (nSPS) is 44.5. The van der Waals surface area contributed by atoms with Crippen LogP contribution in [-0.4, -0.2) is 76.3 Å². The summed E-state index contributed by atoms with van der Waals surface area (Å²) in [4.78, 5) is 32.2. The lowest BCUT2D eigenvalue weighted by Gasteiger charge is -2.47. The van der Waals surface area contributed by atoms with E-state index in [-0.39, 0.29) is 29.9 Å². The molecule has 11 unspecified atom stereocenters. The summed E-state index contributed by atoms with van der Waals surface area (Å²) in [7, 11) is 0. The number of Topliss-reactive ketones (excluding diaryl/α,β-unsaturated/α-hetero) is 1. The van der Waals surface area contributed by atoms with Gasteiger partial charge in [0.25, 0.3) is 0 Å². The second-order valence-electron chi connectivity index (χ2n) is 16.8. The zero-order chi connectivity index (χ0) is 35.6. The molecular formula is C41H57NO8. The van der Waals surface area contributed by atoms with Gasteiger partial charge in [-0.1, -0.05) is 37.6 Å². The van der Waals surface area contributed by atoms with Crippen LogP contribution >= 0.6 is 0 Å². The van der Waals surface area contributed by atoms with Crippen molar-refractivity contribution in [1.82, 2.24) is 0 Å². The number of aliphatic hydroxyl groups excluding tert-OH is 2. The minimum atomic E-state index is -1.11. The molecular weight excluding hydrogens is 634 g/mol. The SMILES string of the molecule is C=C1CCC(=O)C2=NCC(C)C(C)CC23CCC(C2C=C(C)C(=O)O2)=C(C)C3C=C(C)C(O)CC2CCC3(CCC4(OC(CCC4O)C1)O3)O2. The molecule has 3 saturated heterocycles. The first kappa shape index (κ1) is 36.0. The maximum atomic E-state index is 14.5. The van der Waals surface area contributed by atoms with Crippen LogP contribution in [0.5, 0.6) is 0 Å². The van der Waals surface area contributed by atoms with E-state index in [1.165, 1.54) is 0 Å². The summed E-state index contributed by atoms with van der Waals surface area (Å²) in [5.74, 6) is -1.74. The molecule has 50 heavy (non-hydrogen) atoms. The van der Waals surface area contributed by atoms with Crippen molar-refractivity contribution in [1.29, 1.82) is 0 Å². The topological polar surface area (TPSA) is 124 Å². The number of ether oxygens (including phenoxy) is 4. The van der Waals surface area contributed by atoms with E-state index in [1.54, 1.807) is 6.92 Å². The summed E-state index contributed by atoms with van der Waals surface area (Å²) >= 11 is 0. The quantitative estimate of drug-likeness (QED) is 0.233. The Balaban J connectivity index is 1.29. The van der Waals surface area contributed by atoms with Crippen molar-refractivity contribution < 1.29 is 38.7 Å². The van der Waals surface area contributed by atoms with Gasteiger partial charge in [0.2, 0.25) is 0 Å². The molecule has 9 nitrogen and oxygen atoms in total. The minimum Gasteiger partial charge on any atom is -0.450 e. The lowest BCUT2D eigenvalue weighted by Crippen LogP contribution is -2.52. The van der Waals surface area contributed by atoms with Crippen molar-refractivity contribution in [2.24, 2.45) is 28.2 Å². The van der Waals surface area contributed by atoms with Gasteiger partial charge in [-0.15, -0.1) is 0 Å². The Labute approximate surface area is 297 Å². The van der Waals surface area contributed by atoms with Gasteiger partial charge < -0.3 is 29.2 Å². The maximum Gasteiger partial charge on any atom is 0.334 e. The molecule has 0 amide bonds. The van der Waals surface area contributed by atoms with Crippen LogP contribution in [0.25, 0.3) is 0 Å². The monoisotopic (exact) mass is 691 g/mol. The fourth-order valence-electron chi connectivity index (χ4n) is 10.1. The van der Waals surface area contributed by atoms with Crippen LogP contribution < -0.4 is 0 Å². The van der Waals surface area contributed by atoms with E-state index in [1.807, 2.05) is 13.0 Å². The Morgan fingerprint density at radius 1 is 0.900 bits per heavy atom. The molecule has 0 aromatic rings. The number of carbonyl (C=O) groups is 2. The zero-order valence-corrected chi connectivity index (χ0v) is 30.7. The van der Waals surface area contributed by atoms with E-state index in [2.05, 4.69) is 33.4 Å². The first-order valence-electron chi connectivity index (χ1n) is 19.2. The number of cyclic esters (lactones) is 1. The van der Waals surface area contributed by atoms with E-state index in [0.29, 0.717) is 100 Å². The third kappa shape index (κ3) is 6.44. The van der Waals surface area contributed by atoms with E-state index < -0.39 is 35.3 Å². The number of allylic oxidation sites excluding steroid dienone is 2. The first-order valence-corrected chi connectivity index (χ1v) is 19.2. The van der Waals surface area contributed by atoms with Crippen molar-refractivity contribution in [3.63, 3.8) is 0 Å². The summed E-state index contributed by atoms with van der Waals surface area (Å²) < 4.78 is 25.6. The molecule has 6 heterocycles. The lowest BCUT2D eigenvalue weighted by atomic mass is 9.56. The summed E-state index contributed by atoms with van der Waals surface area (Å²) in [6.45, 7) is 15.4. The summed E-state index contributed by atoms with van der Waals surface area (Å²) in [6, 6.07) is 0. The van der Waals surface area contributed by atoms with Gasteiger partial charge in [0.15, 0.2) is 17.4 Å². The first-order chi connectivity index (χ1) is 23.7. The van der Waals surface area contributed by atoms with Crippen LogP contribution in [0.4, 0.5) is 0 Å². The van der Waals surface area contributed by atoms with Crippen molar-refractivity contribution in [2.45, 2.75) is 160 Å². The molecule has 0 aromatic heterocycles. The molecule has 0 saturated carbocycles. The van der Waals surface area contributed by atoms with Gasteiger partial charge in [0.05, 0.1) is 24.0 Å². The fourth-order valence-corrected chi connectivity index (χ4v) is 10.1. The van der Waals surface area contributed by atoms with Crippen LogP contribution in [0.2, 0.25) is 0 Å². The van der Waals surface area contributed by atoms with Gasteiger partial charge >= 0.3 is 5.97 Å². The number of hydrogen-bond acceptors (Lipinski definition) is 9. The van der Waals surface area contributed by atoms with Gasteiger partial charge in [-0.05, 0) is 101 Å². The van der Waals surface area contributed by atoms with Crippen LogP contribution in [0.1, 0.15) is 118 Å². The molecule has 3 fully saturated rings. The Bertz CT molecular complexity index is 1540. The molecule has 6 aliphatic heterocycles. The van der Waals surface area contributed by atoms with Crippen LogP contribution in [0.15, 0.2) is 51.6 Å². The number of hydrogen-bond donors (Lipinski definition) is 2. The largest absolute Gasteiger partial charge is 0.450 e. The molecule has 4 bridgehead atoms. The minimum absolute atomic E-state index is 0.0597. The third-order valence-electron chi connectivity index (χ3n) is 13.4. The maximum absolute atomic E-state index is 14.5. The molecule has 0 radical (unpaired) electrons. The predicted molar refractivity (Wildman–Crippen MR) is 189 cm³/mol. The second-order valence-corrected chi connectivity index (χ2v) is 16.8. The highest BCUT2D eigenvalue weighted by Gasteiger charge is 2.59. The Morgan fingerprint density at radius 2 is 1.70 bits per heavy atom. The van der Waals surface area contributed by atoms with Crippen LogP contribution in [0.3, 0.4) is 0 Å². The van der Waals surface area contributed by atoms with Crippen LogP contribution in [-0.2, 0) is 28.5 Å². The van der Waals surface area contributed by atoms with E-state index in [4.69, 9.17) is 23.9 Å². The second kappa shape index (κ2) is 13.5. The molecule has 274 valence electrons. The molecule has 3 spiro atoms. The standard InChI is InChI=1S/C41H57NO8/c1-23-7-9-33(43)37-39(21-26(4)27(5)22-42-37)13-12-31(35-19-25(3)38(46)47-35)28(6)32(39)18-24(2)34(44)20-30-11-14-40(48-30)15-16-41(50-40)36(45)10-8-29(17-23)49-41/h18-19,26-27,29-30,32,34-36,44-45H,1,7-17,20-22H2,2-6H3. The average molecular weight is 692 g/mol. The predicted octanol–water partition coefficient (Wildman–Crippen LogP) is 6.62. The van der Waals surface area contributed by atoms with Gasteiger partial charge in [0, 0.05) is 55.6 Å². The number of carbonyl (C=O) groups excluding carboxylic acids is 2. The molecule has 7 aliphatic rings. The number of esters is 1. The molecule has 0 aromatic carbocycles. The Kier molecular flexibility index (Phi) is 9.72.